The lowest BCUT2D eigenvalue weighted by atomic mass is 10.4. The molecular weight excluding hydrogens is 236 g/mol. The molecule has 0 aliphatic carbocycles. The van der Waals surface area contributed by atoms with Crippen LogP contribution in [0.3, 0.4) is 0 Å². The molecule has 0 radical (unpaired) electrons. The van der Waals surface area contributed by atoms with Crippen LogP contribution in [-0.4, -0.2) is 36.6 Å². The lowest BCUT2D eigenvalue weighted by molar-refractivity contribution is -0.138. The van der Waals surface area contributed by atoms with Crippen molar-refractivity contribution in [3.05, 3.63) is 12.2 Å². The van der Waals surface area contributed by atoms with Crippen LogP contribution in [0.5, 0.6) is 0 Å². The van der Waals surface area contributed by atoms with Crippen molar-refractivity contribution in [3.63, 3.8) is 0 Å². The SMILES string of the molecule is C=C(C)C(=O)OCCC[SiH2]CO[Si](C)(C)C. The summed E-state index contributed by atoms with van der Waals surface area (Å²) in [6.07, 6.45) is 1.92. The molecule has 0 saturated carbocycles. The van der Waals surface area contributed by atoms with Crippen molar-refractivity contribution in [1.82, 2.24) is 0 Å². The highest BCUT2D eigenvalue weighted by Gasteiger charge is 2.12. The summed E-state index contributed by atoms with van der Waals surface area (Å²) in [5.74, 6) is -0.278. The van der Waals surface area contributed by atoms with Gasteiger partial charge in [-0.3, -0.25) is 0 Å². The van der Waals surface area contributed by atoms with Gasteiger partial charge in [0.25, 0.3) is 0 Å². The zero-order valence-electron chi connectivity index (χ0n) is 11.0. The molecule has 16 heavy (non-hydrogen) atoms. The third-order valence-electron chi connectivity index (χ3n) is 1.91. The summed E-state index contributed by atoms with van der Waals surface area (Å²) < 4.78 is 10.8. The quantitative estimate of drug-likeness (QED) is 0.289. The Morgan fingerprint density at radius 2 is 2.00 bits per heavy atom. The highest BCUT2D eigenvalue weighted by atomic mass is 28.4. The van der Waals surface area contributed by atoms with Gasteiger partial charge in [-0.2, -0.15) is 0 Å². The Morgan fingerprint density at radius 3 is 2.50 bits per heavy atom. The van der Waals surface area contributed by atoms with Crippen molar-refractivity contribution in [1.29, 1.82) is 0 Å². The zero-order valence-corrected chi connectivity index (χ0v) is 13.4. The fourth-order valence-corrected chi connectivity index (χ4v) is 4.84. The molecule has 0 aliphatic rings. The molecule has 0 aliphatic heterocycles. The van der Waals surface area contributed by atoms with E-state index in [2.05, 4.69) is 26.2 Å². The van der Waals surface area contributed by atoms with Gasteiger partial charge in [0.2, 0.25) is 0 Å². The first-order chi connectivity index (χ1) is 7.33. The van der Waals surface area contributed by atoms with Crippen molar-refractivity contribution in [2.24, 2.45) is 0 Å². The van der Waals surface area contributed by atoms with E-state index in [9.17, 15) is 4.79 Å². The summed E-state index contributed by atoms with van der Waals surface area (Å²) in [7, 11) is -1.45. The molecule has 0 heterocycles. The second kappa shape index (κ2) is 7.81. The van der Waals surface area contributed by atoms with Crippen LogP contribution in [0.1, 0.15) is 13.3 Å². The fraction of sp³-hybridized carbons (Fsp3) is 0.727. The zero-order chi connectivity index (χ0) is 12.6. The molecular formula is C11H24O3Si2. The molecule has 0 bridgehead atoms. The van der Waals surface area contributed by atoms with Gasteiger partial charge in [0.1, 0.15) is 0 Å². The van der Waals surface area contributed by atoms with Gasteiger partial charge < -0.3 is 9.16 Å². The van der Waals surface area contributed by atoms with Gasteiger partial charge in [-0.1, -0.05) is 12.6 Å². The molecule has 0 fully saturated rings. The van der Waals surface area contributed by atoms with Crippen LogP contribution >= 0.6 is 0 Å². The summed E-state index contributed by atoms with van der Waals surface area (Å²) in [6, 6.07) is 1.17. The van der Waals surface area contributed by atoms with Gasteiger partial charge in [-0.25, -0.2) is 4.79 Å². The van der Waals surface area contributed by atoms with Gasteiger partial charge in [-0.15, -0.1) is 0 Å². The molecule has 0 aromatic carbocycles. The number of carbonyl (C=O) groups excluding carboxylic acids is 1. The Hall–Kier alpha value is -0.396. The molecule has 0 unspecified atom stereocenters. The van der Waals surface area contributed by atoms with Crippen LogP contribution in [-0.2, 0) is 14.0 Å². The minimum atomic E-state index is -1.32. The minimum Gasteiger partial charge on any atom is -0.462 e. The highest BCUT2D eigenvalue weighted by molar-refractivity contribution is 6.70. The number of esters is 1. The topological polar surface area (TPSA) is 35.5 Å². The maximum absolute atomic E-state index is 11.0. The maximum Gasteiger partial charge on any atom is 0.333 e. The molecule has 94 valence electrons. The van der Waals surface area contributed by atoms with E-state index in [4.69, 9.17) is 9.16 Å². The molecule has 0 atom stereocenters. The first kappa shape index (κ1) is 15.6. The summed E-state index contributed by atoms with van der Waals surface area (Å²) in [5, 5.41) is 0. The maximum atomic E-state index is 11.0. The lowest BCUT2D eigenvalue weighted by Crippen LogP contribution is -2.27. The Kier molecular flexibility index (Phi) is 7.62. The predicted molar refractivity (Wildman–Crippen MR) is 73.0 cm³/mol. The van der Waals surface area contributed by atoms with E-state index in [1.54, 1.807) is 6.92 Å². The second-order valence-corrected chi connectivity index (χ2v) is 11.3. The van der Waals surface area contributed by atoms with Crippen molar-refractivity contribution < 1.29 is 14.0 Å². The summed E-state index contributed by atoms with van der Waals surface area (Å²) in [6.45, 7) is 12.3. The van der Waals surface area contributed by atoms with Gasteiger partial charge in [0.05, 0.1) is 16.1 Å². The van der Waals surface area contributed by atoms with Crippen LogP contribution in [0.15, 0.2) is 12.2 Å². The minimum absolute atomic E-state index is 0.134. The van der Waals surface area contributed by atoms with E-state index in [-0.39, 0.29) is 15.5 Å². The highest BCUT2D eigenvalue weighted by Crippen LogP contribution is 2.02. The predicted octanol–water partition coefficient (Wildman–Crippen LogP) is 1.89. The largest absolute Gasteiger partial charge is 0.462 e. The monoisotopic (exact) mass is 260 g/mol. The van der Waals surface area contributed by atoms with Gasteiger partial charge in [0.15, 0.2) is 8.32 Å². The molecule has 0 aromatic heterocycles. The van der Waals surface area contributed by atoms with Crippen molar-refractivity contribution in [2.75, 3.05) is 12.8 Å². The second-order valence-electron chi connectivity index (χ2n) is 4.94. The van der Waals surface area contributed by atoms with E-state index >= 15 is 0 Å². The van der Waals surface area contributed by atoms with Crippen LogP contribution in [0.2, 0.25) is 25.7 Å². The molecule has 5 heteroatoms. The molecule has 0 spiro atoms. The standard InChI is InChI=1S/C11H24O3Si2/c1-10(2)11(12)13-7-6-8-15-9-14-16(3,4)5/h1,6-9,15H2,2-5H3. The van der Waals surface area contributed by atoms with Crippen molar-refractivity contribution >= 4 is 23.8 Å². The summed E-state index contributed by atoms with van der Waals surface area (Å²) in [4.78, 5) is 11.0. The first-order valence-electron chi connectivity index (χ1n) is 5.79. The lowest BCUT2D eigenvalue weighted by Gasteiger charge is -2.16. The summed E-state index contributed by atoms with van der Waals surface area (Å²) >= 11 is 0. The average molecular weight is 260 g/mol. The fourth-order valence-electron chi connectivity index (χ4n) is 1.05. The van der Waals surface area contributed by atoms with Crippen LogP contribution in [0.25, 0.3) is 0 Å². The Bertz CT molecular complexity index is 234. The number of ether oxygens (including phenoxy) is 1. The summed E-state index contributed by atoms with van der Waals surface area (Å²) in [5.41, 5.74) is 0.472. The smallest absolute Gasteiger partial charge is 0.333 e. The molecule has 3 nitrogen and oxygen atoms in total. The van der Waals surface area contributed by atoms with Gasteiger partial charge >= 0.3 is 5.97 Å². The molecule has 0 rings (SSSR count). The van der Waals surface area contributed by atoms with Crippen molar-refractivity contribution in [2.45, 2.75) is 39.0 Å². The van der Waals surface area contributed by atoms with E-state index in [1.165, 1.54) is 6.04 Å². The van der Waals surface area contributed by atoms with E-state index in [1.807, 2.05) is 0 Å². The number of hydrogen-bond donors (Lipinski definition) is 0. The third kappa shape index (κ3) is 10.1. The average Bonchev–Trinajstić information content (AvgIpc) is 2.14. The van der Waals surface area contributed by atoms with Crippen LogP contribution < -0.4 is 0 Å². The third-order valence-corrected chi connectivity index (χ3v) is 4.88. The Balaban J connectivity index is 3.29. The number of carbonyl (C=O) groups is 1. The van der Waals surface area contributed by atoms with Crippen LogP contribution in [0.4, 0.5) is 0 Å². The normalized spacial score (nSPS) is 12.0. The Labute approximate surface area is 102 Å². The van der Waals surface area contributed by atoms with Crippen LogP contribution in [0, 0.1) is 0 Å². The molecule has 0 amide bonds. The number of hydrogen-bond acceptors (Lipinski definition) is 3. The van der Waals surface area contributed by atoms with E-state index < -0.39 is 8.32 Å². The van der Waals surface area contributed by atoms with Gasteiger partial charge in [-0.05, 0) is 33.0 Å². The van der Waals surface area contributed by atoms with Gasteiger partial charge in [0, 0.05) is 11.8 Å². The van der Waals surface area contributed by atoms with Crippen molar-refractivity contribution in [3.8, 4) is 0 Å². The Morgan fingerprint density at radius 1 is 1.38 bits per heavy atom. The molecule has 0 aromatic rings. The number of rotatable bonds is 8. The van der Waals surface area contributed by atoms with E-state index in [0.29, 0.717) is 12.2 Å². The molecule has 0 saturated heterocycles. The van der Waals surface area contributed by atoms with E-state index in [0.717, 1.165) is 12.7 Å². The first-order valence-corrected chi connectivity index (χ1v) is 11.2. The molecule has 0 N–H and O–H groups in total.